The molecule has 0 saturated heterocycles. The van der Waals surface area contributed by atoms with Gasteiger partial charge in [0.15, 0.2) is 0 Å². The second kappa shape index (κ2) is 6.45. The number of alkyl halides is 3. The molecule has 112 valence electrons. The summed E-state index contributed by atoms with van der Waals surface area (Å²) < 4.78 is 40.0. The van der Waals surface area contributed by atoms with Crippen LogP contribution in [0.1, 0.15) is 24.4 Å². The Morgan fingerprint density at radius 3 is 2.80 bits per heavy atom. The van der Waals surface area contributed by atoms with Crippen LogP contribution in [0.15, 0.2) is 24.3 Å². The highest BCUT2D eigenvalue weighted by atomic mass is 19.4. The van der Waals surface area contributed by atoms with E-state index < -0.39 is 6.36 Å². The van der Waals surface area contributed by atoms with Crippen LogP contribution in [0, 0.1) is 0 Å². The van der Waals surface area contributed by atoms with Crippen molar-refractivity contribution in [3.8, 4) is 0 Å². The van der Waals surface area contributed by atoms with Crippen LogP contribution in [0.2, 0.25) is 0 Å². The summed E-state index contributed by atoms with van der Waals surface area (Å²) in [5, 5.41) is 3.26. The monoisotopic (exact) mass is 288 g/mol. The maximum atomic E-state index is 12.1. The van der Waals surface area contributed by atoms with Gasteiger partial charge in [0.2, 0.25) is 0 Å². The third-order valence-corrected chi connectivity index (χ3v) is 3.55. The van der Waals surface area contributed by atoms with Gasteiger partial charge in [-0.15, -0.1) is 13.2 Å². The molecule has 1 unspecified atom stereocenters. The summed E-state index contributed by atoms with van der Waals surface area (Å²) in [6.45, 7) is 0.644. The Labute approximate surface area is 116 Å². The average Bonchev–Trinajstić information content (AvgIpc) is 2.57. The predicted molar refractivity (Wildman–Crippen MR) is 71.7 cm³/mol. The SMILES string of the molecule is CNC1CCCN(CCOC(F)(F)F)c2ccccc21. The normalized spacial score (nSPS) is 19.6. The molecule has 1 atom stereocenters. The number of fused-ring (bicyclic) bond motifs is 1. The van der Waals surface area contributed by atoms with Crippen molar-refractivity contribution in [2.75, 3.05) is 31.6 Å². The van der Waals surface area contributed by atoms with Crippen LogP contribution in [-0.2, 0) is 4.74 Å². The van der Waals surface area contributed by atoms with Crippen LogP contribution in [0.25, 0.3) is 0 Å². The number of ether oxygens (including phenoxy) is 1. The van der Waals surface area contributed by atoms with Crippen molar-refractivity contribution in [2.24, 2.45) is 0 Å². The molecule has 2 rings (SSSR count). The molecule has 0 amide bonds. The van der Waals surface area contributed by atoms with Crippen LogP contribution >= 0.6 is 0 Å². The lowest BCUT2D eigenvalue weighted by molar-refractivity contribution is -0.323. The first kappa shape index (κ1) is 15.1. The molecular weight excluding hydrogens is 269 g/mol. The van der Waals surface area contributed by atoms with Crippen LogP contribution in [0.4, 0.5) is 18.9 Å². The molecule has 0 radical (unpaired) electrons. The van der Waals surface area contributed by atoms with Gasteiger partial charge in [0.25, 0.3) is 0 Å². The minimum absolute atomic E-state index is 0.243. The molecule has 0 aliphatic carbocycles. The van der Waals surface area contributed by atoms with Crippen LogP contribution < -0.4 is 10.2 Å². The third-order valence-electron chi connectivity index (χ3n) is 3.55. The molecule has 1 aliphatic rings. The quantitative estimate of drug-likeness (QED) is 0.921. The Morgan fingerprint density at radius 2 is 2.10 bits per heavy atom. The standard InChI is InChI=1S/C14H19F3N2O/c1-18-12-6-4-8-19(9-10-20-14(15,16)17)13-7-3-2-5-11(12)13/h2-3,5,7,12,18H,4,6,8-10H2,1H3. The maximum Gasteiger partial charge on any atom is 0.522 e. The van der Waals surface area contributed by atoms with Crippen molar-refractivity contribution in [3.63, 3.8) is 0 Å². The fourth-order valence-corrected chi connectivity index (χ4v) is 2.64. The molecule has 0 bridgehead atoms. The largest absolute Gasteiger partial charge is 0.522 e. The number of anilines is 1. The van der Waals surface area contributed by atoms with Gasteiger partial charge in [-0.1, -0.05) is 18.2 Å². The summed E-state index contributed by atoms with van der Waals surface area (Å²) in [5.74, 6) is 0. The topological polar surface area (TPSA) is 24.5 Å². The minimum atomic E-state index is -4.56. The molecule has 0 aromatic heterocycles. The molecule has 1 N–H and O–H groups in total. The number of rotatable bonds is 4. The highest BCUT2D eigenvalue weighted by molar-refractivity contribution is 5.55. The Bertz CT molecular complexity index is 437. The number of hydrogen-bond donors (Lipinski definition) is 1. The molecular formula is C14H19F3N2O. The molecule has 1 heterocycles. The van der Waals surface area contributed by atoms with E-state index in [0.29, 0.717) is 0 Å². The Balaban J connectivity index is 2.09. The fraction of sp³-hybridized carbons (Fsp3) is 0.571. The number of para-hydroxylation sites is 1. The zero-order valence-corrected chi connectivity index (χ0v) is 11.4. The van der Waals surface area contributed by atoms with Crippen molar-refractivity contribution in [2.45, 2.75) is 25.2 Å². The number of hydrogen-bond acceptors (Lipinski definition) is 3. The van der Waals surface area contributed by atoms with Crippen molar-refractivity contribution in [1.29, 1.82) is 0 Å². The zero-order valence-electron chi connectivity index (χ0n) is 11.4. The van der Waals surface area contributed by atoms with E-state index in [1.807, 2.05) is 36.2 Å². The predicted octanol–water partition coefficient (Wildman–Crippen LogP) is 3.08. The van der Waals surface area contributed by atoms with E-state index in [9.17, 15) is 13.2 Å². The highest BCUT2D eigenvalue weighted by Crippen LogP contribution is 2.32. The summed E-state index contributed by atoms with van der Waals surface area (Å²) in [7, 11) is 1.91. The second-order valence-electron chi connectivity index (χ2n) is 4.82. The Kier molecular flexibility index (Phi) is 4.88. The lowest BCUT2D eigenvalue weighted by Gasteiger charge is -2.25. The highest BCUT2D eigenvalue weighted by Gasteiger charge is 2.29. The van der Waals surface area contributed by atoms with E-state index in [4.69, 9.17) is 0 Å². The number of benzene rings is 1. The smallest absolute Gasteiger partial charge is 0.369 e. The van der Waals surface area contributed by atoms with Crippen molar-refractivity contribution >= 4 is 5.69 Å². The first-order valence-electron chi connectivity index (χ1n) is 6.73. The Morgan fingerprint density at radius 1 is 1.35 bits per heavy atom. The van der Waals surface area contributed by atoms with E-state index >= 15 is 0 Å². The summed E-state index contributed by atoms with van der Waals surface area (Å²) in [6, 6.07) is 8.10. The molecule has 0 spiro atoms. The lowest BCUT2D eigenvalue weighted by atomic mass is 10.0. The van der Waals surface area contributed by atoms with Crippen molar-refractivity contribution in [3.05, 3.63) is 29.8 Å². The number of nitrogens with zero attached hydrogens (tertiary/aromatic N) is 1. The molecule has 1 aliphatic heterocycles. The molecule has 0 saturated carbocycles. The molecule has 3 nitrogen and oxygen atoms in total. The van der Waals surface area contributed by atoms with Crippen LogP contribution in [0.3, 0.4) is 0 Å². The third kappa shape index (κ3) is 3.86. The van der Waals surface area contributed by atoms with Gasteiger partial charge in [0.05, 0.1) is 6.61 Å². The molecule has 0 fully saturated rings. The number of nitrogens with one attached hydrogen (secondary N) is 1. The summed E-state index contributed by atoms with van der Waals surface area (Å²) in [5.41, 5.74) is 2.13. The lowest BCUT2D eigenvalue weighted by Crippen LogP contribution is -2.30. The van der Waals surface area contributed by atoms with E-state index in [1.54, 1.807) is 0 Å². The van der Waals surface area contributed by atoms with E-state index in [1.165, 1.54) is 0 Å². The molecule has 1 aromatic rings. The first-order chi connectivity index (χ1) is 9.51. The summed E-state index contributed by atoms with van der Waals surface area (Å²) in [6.07, 6.45) is -2.64. The molecule has 1 aromatic carbocycles. The van der Waals surface area contributed by atoms with Gasteiger partial charge >= 0.3 is 6.36 Å². The number of halogens is 3. The van der Waals surface area contributed by atoms with Gasteiger partial charge in [-0.25, -0.2) is 0 Å². The minimum Gasteiger partial charge on any atom is -0.369 e. The molecule has 20 heavy (non-hydrogen) atoms. The molecule has 6 heteroatoms. The average molecular weight is 288 g/mol. The maximum absolute atomic E-state index is 12.1. The first-order valence-corrected chi connectivity index (χ1v) is 6.73. The van der Waals surface area contributed by atoms with Gasteiger partial charge in [0, 0.05) is 24.8 Å². The van der Waals surface area contributed by atoms with Crippen LogP contribution in [0.5, 0.6) is 0 Å². The summed E-state index contributed by atoms with van der Waals surface area (Å²) in [4.78, 5) is 1.97. The van der Waals surface area contributed by atoms with E-state index in [-0.39, 0.29) is 19.2 Å². The summed E-state index contributed by atoms with van der Waals surface area (Å²) >= 11 is 0. The zero-order chi connectivity index (χ0) is 14.6. The van der Waals surface area contributed by atoms with Crippen molar-refractivity contribution in [1.82, 2.24) is 5.32 Å². The van der Waals surface area contributed by atoms with Gasteiger partial charge in [-0.05, 0) is 31.5 Å². The van der Waals surface area contributed by atoms with Gasteiger partial charge in [-0.2, -0.15) is 0 Å². The fourth-order valence-electron chi connectivity index (χ4n) is 2.64. The van der Waals surface area contributed by atoms with Gasteiger partial charge in [0.1, 0.15) is 0 Å². The van der Waals surface area contributed by atoms with Gasteiger partial charge < -0.3 is 10.2 Å². The van der Waals surface area contributed by atoms with E-state index in [2.05, 4.69) is 10.1 Å². The van der Waals surface area contributed by atoms with Crippen LogP contribution in [-0.4, -0.2) is 33.1 Å². The van der Waals surface area contributed by atoms with Crippen molar-refractivity contribution < 1.29 is 17.9 Å². The Hall–Kier alpha value is -1.27. The van der Waals surface area contributed by atoms with E-state index in [0.717, 1.165) is 30.6 Å². The van der Waals surface area contributed by atoms with Gasteiger partial charge in [-0.3, -0.25) is 4.74 Å². The second-order valence-corrected chi connectivity index (χ2v) is 4.82.